The number of carbonyl (C=O) groups excluding carboxylic acids is 1. The summed E-state index contributed by atoms with van der Waals surface area (Å²) < 4.78 is 0. The molecular weight excluding hydrogens is 190 g/mol. The standard InChI is InChI=1S/C11H17N3O/c1-11(2,3)10-9(13-7-14-10)5-8(6-15)12-4/h5-7,12H,1-4H3,(H,13,14)/b8-5-. The molecule has 15 heavy (non-hydrogen) atoms. The number of hydrogen-bond donors (Lipinski definition) is 2. The predicted octanol–water partition coefficient (Wildman–Crippen LogP) is 1.47. The number of aromatic nitrogens is 2. The van der Waals surface area contributed by atoms with Crippen molar-refractivity contribution < 1.29 is 4.79 Å². The van der Waals surface area contributed by atoms with Crippen LogP contribution in [-0.4, -0.2) is 23.3 Å². The van der Waals surface area contributed by atoms with Gasteiger partial charge in [0.1, 0.15) is 0 Å². The third-order valence-electron chi connectivity index (χ3n) is 2.13. The smallest absolute Gasteiger partial charge is 0.165 e. The highest BCUT2D eigenvalue weighted by atomic mass is 16.1. The van der Waals surface area contributed by atoms with E-state index < -0.39 is 0 Å². The highest BCUT2D eigenvalue weighted by Gasteiger charge is 2.19. The lowest BCUT2D eigenvalue weighted by atomic mass is 9.90. The molecule has 0 aromatic carbocycles. The zero-order chi connectivity index (χ0) is 11.5. The van der Waals surface area contributed by atoms with E-state index in [2.05, 4.69) is 36.1 Å². The predicted molar refractivity (Wildman–Crippen MR) is 60.4 cm³/mol. The lowest BCUT2D eigenvalue weighted by Crippen LogP contribution is -2.14. The normalized spacial score (nSPS) is 12.7. The van der Waals surface area contributed by atoms with Crippen LogP contribution in [0.3, 0.4) is 0 Å². The summed E-state index contributed by atoms with van der Waals surface area (Å²) in [7, 11) is 1.71. The van der Waals surface area contributed by atoms with E-state index in [4.69, 9.17) is 0 Å². The van der Waals surface area contributed by atoms with E-state index in [0.717, 1.165) is 17.7 Å². The summed E-state index contributed by atoms with van der Waals surface area (Å²) in [5.41, 5.74) is 2.34. The summed E-state index contributed by atoms with van der Waals surface area (Å²) in [4.78, 5) is 17.9. The average molecular weight is 207 g/mol. The highest BCUT2D eigenvalue weighted by Crippen LogP contribution is 2.23. The van der Waals surface area contributed by atoms with Gasteiger partial charge in [-0.1, -0.05) is 20.8 Å². The molecule has 1 rings (SSSR count). The topological polar surface area (TPSA) is 57.8 Å². The highest BCUT2D eigenvalue weighted by molar-refractivity contribution is 5.80. The van der Waals surface area contributed by atoms with E-state index in [0.29, 0.717) is 5.70 Å². The first kappa shape index (κ1) is 11.5. The molecule has 0 aliphatic heterocycles. The Morgan fingerprint density at radius 1 is 1.53 bits per heavy atom. The summed E-state index contributed by atoms with van der Waals surface area (Å²) in [5.74, 6) is 0. The molecule has 0 aliphatic rings. The molecule has 0 saturated heterocycles. The van der Waals surface area contributed by atoms with Gasteiger partial charge < -0.3 is 10.3 Å². The maximum Gasteiger partial charge on any atom is 0.165 e. The van der Waals surface area contributed by atoms with Crippen LogP contribution < -0.4 is 5.32 Å². The van der Waals surface area contributed by atoms with Crippen molar-refractivity contribution in [2.75, 3.05) is 7.05 Å². The average Bonchev–Trinajstić information content (AvgIpc) is 2.61. The van der Waals surface area contributed by atoms with Crippen LogP contribution in [0.15, 0.2) is 12.0 Å². The summed E-state index contributed by atoms with van der Waals surface area (Å²) in [5, 5.41) is 2.81. The maximum absolute atomic E-state index is 10.7. The van der Waals surface area contributed by atoms with Crippen molar-refractivity contribution in [3.63, 3.8) is 0 Å². The molecule has 0 amide bonds. The first-order valence-electron chi connectivity index (χ1n) is 4.87. The van der Waals surface area contributed by atoms with Gasteiger partial charge in [-0.3, -0.25) is 4.79 Å². The molecule has 0 fully saturated rings. The van der Waals surface area contributed by atoms with Crippen molar-refractivity contribution >= 4 is 12.4 Å². The molecular formula is C11H17N3O. The quantitative estimate of drug-likeness (QED) is 0.583. The van der Waals surface area contributed by atoms with Gasteiger partial charge in [0.15, 0.2) is 6.29 Å². The third kappa shape index (κ3) is 2.68. The van der Waals surface area contributed by atoms with Gasteiger partial charge in [0, 0.05) is 18.2 Å². The van der Waals surface area contributed by atoms with Crippen LogP contribution in [0.5, 0.6) is 0 Å². The molecule has 1 heterocycles. The Kier molecular flexibility index (Phi) is 3.29. The second-order valence-electron chi connectivity index (χ2n) is 4.38. The molecule has 0 aliphatic carbocycles. The Morgan fingerprint density at radius 3 is 2.67 bits per heavy atom. The molecule has 0 atom stereocenters. The van der Waals surface area contributed by atoms with Crippen molar-refractivity contribution in [2.24, 2.45) is 0 Å². The number of rotatable bonds is 3. The molecule has 4 heteroatoms. The number of nitrogens with one attached hydrogen (secondary N) is 2. The van der Waals surface area contributed by atoms with Crippen LogP contribution in [-0.2, 0) is 10.2 Å². The first-order valence-corrected chi connectivity index (χ1v) is 4.87. The van der Waals surface area contributed by atoms with E-state index in [9.17, 15) is 4.79 Å². The van der Waals surface area contributed by atoms with Crippen LogP contribution >= 0.6 is 0 Å². The van der Waals surface area contributed by atoms with E-state index in [1.807, 2.05) is 0 Å². The molecule has 1 aromatic rings. The van der Waals surface area contributed by atoms with Crippen LogP contribution in [0.2, 0.25) is 0 Å². The Balaban J connectivity index is 3.11. The Morgan fingerprint density at radius 2 is 2.20 bits per heavy atom. The number of aldehydes is 1. The summed E-state index contributed by atoms with van der Waals surface area (Å²) in [6, 6.07) is 0. The molecule has 82 valence electrons. The van der Waals surface area contributed by atoms with E-state index in [1.165, 1.54) is 0 Å². The van der Waals surface area contributed by atoms with Crippen LogP contribution in [0.4, 0.5) is 0 Å². The summed E-state index contributed by atoms with van der Waals surface area (Å²) in [6.45, 7) is 6.29. The molecule has 2 N–H and O–H groups in total. The van der Waals surface area contributed by atoms with Crippen molar-refractivity contribution in [1.29, 1.82) is 0 Å². The maximum atomic E-state index is 10.7. The number of H-pyrrole nitrogens is 1. The fourth-order valence-electron chi connectivity index (χ4n) is 1.33. The van der Waals surface area contributed by atoms with Gasteiger partial charge in [-0.25, -0.2) is 4.98 Å². The minimum Gasteiger partial charge on any atom is -0.385 e. The minimum atomic E-state index is -0.00985. The van der Waals surface area contributed by atoms with Crippen molar-refractivity contribution in [3.8, 4) is 0 Å². The van der Waals surface area contributed by atoms with Crippen LogP contribution in [0, 0.1) is 0 Å². The molecule has 0 radical (unpaired) electrons. The second-order valence-corrected chi connectivity index (χ2v) is 4.38. The number of nitrogens with zero attached hydrogens (tertiary/aromatic N) is 1. The molecule has 4 nitrogen and oxygen atoms in total. The number of imidazole rings is 1. The Labute approximate surface area is 89.8 Å². The van der Waals surface area contributed by atoms with Crippen molar-refractivity contribution in [1.82, 2.24) is 15.3 Å². The summed E-state index contributed by atoms with van der Waals surface area (Å²) >= 11 is 0. The van der Waals surface area contributed by atoms with Gasteiger partial charge in [0.25, 0.3) is 0 Å². The van der Waals surface area contributed by atoms with E-state index in [-0.39, 0.29) is 5.41 Å². The molecule has 0 unspecified atom stereocenters. The van der Waals surface area contributed by atoms with Gasteiger partial charge in [0.05, 0.1) is 17.7 Å². The fraction of sp³-hybridized carbons (Fsp3) is 0.455. The number of likely N-dealkylation sites (N-methyl/N-ethyl adjacent to an activating group) is 1. The van der Waals surface area contributed by atoms with Crippen LogP contribution in [0.25, 0.3) is 6.08 Å². The number of carbonyl (C=O) groups is 1. The lowest BCUT2D eigenvalue weighted by molar-refractivity contribution is -0.105. The Hall–Kier alpha value is -1.58. The molecule has 1 aromatic heterocycles. The number of hydrogen-bond acceptors (Lipinski definition) is 3. The van der Waals surface area contributed by atoms with E-state index in [1.54, 1.807) is 19.5 Å². The van der Waals surface area contributed by atoms with Gasteiger partial charge in [0.2, 0.25) is 0 Å². The van der Waals surface area contributed by atoms with Gasteiger partial charge >= 0.3 is 0 Å². The number of allylic oxidation sites excluding steroid dienone is 1. The first-order chi connectivity index (χ1) is 6.99. The largest absolute Gasteiger partial charge is 0.385 e. The fourth-order valence-corrected chi connectivity index (χ4v) is 1.33. The van der Waals surface area contributed by atoms with Gasteiger partial charge in [-0.15, -0.1) is 0 Å². The zero-order valence-electron chi connectivity index (χ0n) is 9.59. The number of aromatic amines is 1. The summed E-state index contributed by atoms with van der Waals surface area (Å²) in [6.07, 6.45) is 4.16. The monoisotopic (exact) mass is 207 g/mol. The lowest BCUT2D eigenvalue weighted by Gasteiger charge is -2.17. The Bertz CT molecular complexity index is 371. The third-order valence-corrected chi connectivity index (χ3v) is 2.13. The molecule has 0 saturated carbocycles. The SMILES string of the molecule is CN/C(C=O)=C\c1nc[nH]c1C(C)(C)C. The van der Waals surface area contributed by atoms with E-state index >= 15 is 0 Å². The zero-order valence-corrected chi connectivity index (χ0v) is 9.59. The second kappa shape index (κ2) is 4.29. The molecule has 0 spiro atoms. The van der Waals surface area contributed by atoms with Crippen LogP contribution in [0.1, 0.15) is 32.2 Å². The molecule has 0 bridgehead atoms. The van der Waals surface area contributed by atoms with Gasteiger partial charge in [-0.2, -0.15) is 0 Å². The van der Waals surface area contributed by atoms with Gasteiger partial charge in [-0.05, 0) is 6.08 Å². The van der Waals surface area contributed by atoms with Crippen molar-refractivity contribution in [2.45, 2.75) is 26.2 Å². The van der Waals surface area contributed by atoms with Crippen molar-refractivity contribution in [3.05, 3.63) is 23.4 Å². The minimum absolute atomic E-state index is 0.00985.